The Balaban J connectivity index is 1.92. The van der Waals surface area contributed by atoms with Gasteiger partial charge in [0.25, 0.3) is 5.91 Å². The molecular formula is C24H17Cl2FN2O2. The number of nitriles is 1. The van der Waals surface area contributed by atoms with Crippen molar-refractivity contribution in [2.45, 2.75) is 13.5 Å². The topological polar surface area (TPSA) is 62.1 Å². The van der Waals surface area contributed by atoms with Crippen molar-refractivity contribution >= 4 is 40.9 Å². The number of hydrogen-bond acceptors (Lipinski definition) is 3. The normalized spacial score (nSPS) is 11.0. The summed E-state index contributed by atoms with van der Waals surface area (Å²) in [5.41, 5.74) is 1.94. The van der Waals surface area contributed by atoms with E-state index in [1.54, 1.807) is 30.3 Å². The molecule has 0 aliphatic heterocycles. The molecule has 0 unspecified atom stereocenters. The highest BCUT2D eigenvalue weighted by Gasteiger charge is 2.15. The average molecular weight is 455 g/mol. The van der Waals surface area contributed by atoms with Gasteiger partial charge < -0.3 is 10.1 Å². The molecule has 0 aliphatic rings. The molecule has 0 aliphatic carbocycles. The molecule has 0 bridgehead atoms. The first-order chi connectivity index (χ1) is 14.9. The number of benzene rings is 3. The lowest BCUT2D eigenvalue weighted by molar-refractivity contribution is -0.112. The third-order valence-electron chi connectivity index (χ3n) is 4.43. The van der Waals surface area contributed by atoms with Crippen molar-refractivity contribution in [2.75, 3.05) is 5.32 Å². The Morgan fingerprint density at radius 2 is 1.87 bits per heavy atom. The first-order valence-electron chi connectivity index (χ1n) is 9.23. The number of nitrogens with one attached hydrogen (secondary N) is 1. The molecule has 0 spiro atoms. The molecule has 31 heavy (non-hydrogen) atoms. The zero-order valence-corrected chi connectivity index (χ0v) is 18.0. The molecule has 0 saturated carbocycles. The maximum Gasteiger partial charge on any atom is 0.266 e. The van der Waals surface area contributed by atoms with Crippen molar-refractivity contribution in [3.05, 3.63) is 98.8 Å². The van der Waals surface area contributed by atoms with Crippen molar-refractivity contribution in [3.8, 4) is 11.8 Å². The molecule has 3 rings (SSSR count). The molecule has 4 nitrogen and oxygen atoms in total. The lowest BCUT2D eigenvalue weighted by atomic mass is 10.1. The minimum Gasteiger partial charge on any atom is -0.487 e. The molecule has 3 aromatic carbocycles. The number of hydrogen-bond donors (Lipinski definition) is 1. The third-order valence-corrected chi connectivity index (χ3v) is 4.92. The molecule has 1 N–H and O–H groups in total. The van der Waals surface area contributed by atoms with E-state index in [-0.39, 0.29) is 23.0 Å². The van der Waals surface area contributed by atoms with Crippen molar-refractivity contribution < 1.29 is 13.9 Å². The van der Waals surface area contributed by atoms with Gasteiger partial charge in [-0.05, 0) is 42.8 Å². The second-order valence-electron chi connectivity index (χ2n) is 6.62. The van der Waals surface area contributed by atoms with Crippen LogP contribution in [0.2, 0.25) is 10.0 Å². The second kappa shape index (κ2) is 10.1. The highest BCUT2D eigenvalue weighted by molar-refractivity contribution is 6.36. The molecule has 0 radical (unpaired) electrons. The van der Waals surface area contributed by atoms with Gasteiger partial charge in [-0.1, -0.05) is 59.6 Å². The van der Waals surface area contributed by atoms with Crippen LogP contribution in [0.3, 0.4) is 0 Å². The number of amides is 1. The second-order valence-corrected chi connectivity index (χ2v) is 7.47. The minimum atomic E-state index is -0.590. The van der Waals surface area contributed by atoms with E-state index >= 15 is 0 Å². The van der Waals surface area contributed by atoms with E-state index in [1.807, 2.05) is 25.1 Å². The van der Waals surface area contributed by atoms with Gasteiger partial charge in [-0.3, -0.25) is 4.79 Å². The largest absolute Gasteiger partial charge is 0.487 e. The summed E-state index contributed by atoms with van der Waals surface area (Å²) >= 11 is 12.4. The summed E-state index contributed by atoms with van der Waals surface area (Å²) in [4.78, 5) is 12.6. The van der Waals surface area contributed by atoms with Gasteiger partial charge in [0.2, 0.25) is 0 Å². The molecule has 0 aromatic heterocycles. The van der Waals surface area contributed by atoms with Gasteiger partial charge >= 0.3 is 0 Å². The lowest BCUT2D eigenvalue weighted by Gasteiger charge is -2.13. The zero-order chi connectivity index (χ0) is 22.4. The fraction of sp³-hybridized carbons (Fsp3) is 0.0833. The number of carbonyl (C=O) groups is 1. The third kappa shape index (κ3) is 5.64. The Hall–Kier alpha value is -3.33. The smallest absolute Gasteiger partial charge is 0.266 e. The van der Waals surface area contributed by atoms with Crippen LogP contribution in [-0.2, 0) is 11.4 Å². The van der Waals surface area contributed by atoms with E-state index in [4.69, 9.17) is 27.9 Å². The minimum absolute atomic E-state index is 0.0911. The first-order valence-corrected chi connectivity index (χ1v) is 9.98. The van der Waals surface area contributed by atoms with Gasteiger partial charge in [0, 0.05) is 21.8 Å². The number of halogens is 3. The Labute approximate surface area is 189 Å². The van der Waals surface area contributed by atoms with E-state index in [0.29, 0.717) is 21.8 Å². The summed E-state index contributed by atoms with van der Waals surface area (Å²) in [6.07, 6.45) is 1.34. The van der Waals surface area contributed by atoms with Crippen LogP contribution in [0.15, 0.2) is 66.2 Å². The van der Waals surface area contributed by atoms with Crippen LogP contribution in [0.4, 0.5) is 10.1 Å². The van der Waals surface area contributed by atoms with Gasteiger partial charge in [-0.2, -0.15) is 5.26 Å². The molecular weight excluding hydrogens is 438 g/mol. The molecule has 156 valence electrons. The van der Waals surface area contributed by atoms with E-state index in [2.05, 4.69) is 5.32 Å². The number of ether oxygens (including phenoxy) is 1. The average Bonchev–Trinajstić information content (AvgIpc) is 2.74. The van der Waals surface area contributed by atoms with Gasteiger partial charge in [-0.15, -0.1) is 0 Å². The van der Waals surface area contributed by atoms with Gasteiger partial charge in [0.1, 0.15) is 29.8 Å². The number of carbonyl (C=O) groups excluding carboxylic acids is 1. The van der Waals surface area contributed by atoms with E-state index in [0.717, 1.165) is 5.56 Å². The predicted octanol–water partition coefficient (Wildman–Crippen LogP) is 6.57. The quantitative estimate of drug-likeness (QED) is 0.338. The molecule has 0 saturated heterocycles. The maximum absolute atomic E-state index is 13.9. The van der Waals surface area contributed by atoms with Crippen molar-refractivity contribution in [1.82, 2.24) is 0 Å². The van der Waals surface area contributed by atoms with Crippen LogP contribution < -0.4 is 10.1 Å². The fourth-order valence-corrected chi connectivity index (χ4v) is 3.38. The predicted molar refractivity (Wildman–Crippen MR) is 121 cm³/mol. The number of nitrogens with zero attached hydrogens (tertiary/aromatic N) is 1. The molecule has 0 atom stereocenters. The Bertz CT molecular complexity index is 1200. The molecule has 0 heterocycles. The Kier molecular flexibility index (Phi) is 7.30. The summed E-state index contributed by atoms with van der Waals surface area (Å²) in [6.45, 7) is 1.75. The maximum atomic E-state index is 13.9. The zero-order valence-electron chi connectivity index (χ0n) is 16.5. The lowest BCUT2D eigenvalue weighted by Crippen LogP contribution is -2.14. The Morgan fingerprint density at radius 3 is 2.58 bits per heavy atom. The van der Waals surface area contributed by atoms with Crippen LogP contribution in [0.1, 0.15) is 16.7 Å². The van der Waals surface area contributed by atoms with Crippen LogP contribution in [0.5, 0.6) is 5.75 Å². The van der Waals surface area contributed by atoms with E-state index in [1.165, 1.54) is 24.3 Å². The van der Waals surface area contributed by atoms with E-state index < -0.39 is 11.7 Å². The van der Waals surface area contributed by atoms with Crippen LogP contribution in [0, 0.1) is 24.1 Å². The monoisotopic (exact) mass is 454 g/mol. The van der Waals surface area contributed by atoms with Gasteiger partial charge in [0.05, 0.1) is 5.02 Å². The van der Waals surface area contributed by atoms with Crippen molar-refractivity contribution in [1.29, 1.82) is 5.26 Å². The molecule has 0 fully saturated rings. The molecule has 1 amide bonds. The SMILES string of the molecule is Cc1ccccc1NC(=O)/C(C#N)=C/c1cc(Cl)cc(Cl)c1OCc1ccccc1F. The number of aryl methyl sites for hydroxylation is 1. The van der Waals surface area contributed by atoms with Crippen LogP contribution in [0.25, 0.3) is 6.08 Å². The number of rotatable bonds is 6. The first kappa shape index (κ1) is 22.4. The fourth-order valence-electron chi connectivity index (χ4n) is 2.81. The summed E-state index contributed by atoms with van der Waals surface area (Å²) < 4.78 is 19.7. The van der Waals surface area contributed by atoms with Gasteiger partial charge in [-0.25, -0.2) is 4.39 Å². The van der Waals surface area contributed by atoms with E-state index in [9.17, 15) is 14.4 Å². The Morgan fingerprint density at radius 1 is 1.16 bits per heavy atom. The summed E-state index contributed by atoms with van der Waals surface area (Å²) in [5, 5.41) is 12.7. The van der Waals surface area contributed by atoms with Crippen LogP contribution >= 0.6 is 23.2 Å². The summed E-state index contributed by atoms with van der Waals surface area (Å²) in [7, 11) is 0. The highest BCUT2D eigenvalue weighted by atomic mass is 35.5. The van der Waals surface area contributed by atoms with Gasteiger partial charge in [0.15, 0.2) is 0 Å². The molecule has 3 aromatic rings. The van der Waals surface area contributed by atoms with Crippen LogP contribution in [-0.4, -0.2) is 5.91 Å². The standard InChI is InChI=1S/C24H17Cl2FN2O2/c1-15-6-2-5-9-22(15)29-24(30)18(13-28)10-17-11-19(25)12-20(26)23(17)31-14-16-7-3-4-8-21(16)27/h2-12H,14H2,1H3,(H,29,30)/b18-10+. The number of para-hydroxylation sites is 1. The number of anilines is 1. The highest BCUT2D eigenvalue weighted by Crippen LogP contribution is 2.34. The summed E-state index contributed by atoms with van der Waals surface area (Å²) in [6, 6.07) is 18.3. The molecule has 7 heteroatoms. The summed E-state index contributed by atoms with van der Waals surface area (Å²) in [5.74, 6) is -0.821. The van der Waals surface area contributed by atoms with Crippen molar-refractivity contribution in [2.24, 2.45) is 0 Å². The van der Waals surface area contributed by atoms with Crippen molar-refractivity contribution in [3.63, 3.8) is 0 Å².